The van der Waals surface area contributed by atoms with E-state index in [0.717, 1.165) is 23.3 Å². The van der Waals surface area contributed by atoms with Crippen LogP contribution in [0.1, 0.15) is 42.5 Å². The van der Waals surface area contributed by atoms with Gasteiger partial charge in [0.1, 0.15) is 5.82 Å². The third-order valence-electron chi connectivity index (χ3n) is 4.38. The van der Waals surface area contributed by atoms with E-state index >= 15 is 0 Å². The molecule has 0 saturated carbocycles. The van der Waals surface area contributed by atoms with Gasteiger partial charge in [-0.3, -0.25) is 4.79 Å². The maximum atomic E-state index is 12.8. The van der Waals surface area contributed by atoms with E-state index in [0.29, 0.717) is 23.0 Å². The van der Waals surface area contributed by atoms with E-state index in [9.17, 15) is 4.79 Å². The summed E-state index contributed by atoms with van der Waals surface area (Å²) in [4.78, 5) is 20.8. The van der Waals surface area contributed by atoms with Gasteiger partial charge in [0.15, 0.2) is 11.5 Å². The molecule has 2 heterocycles. The number of fused-ring (bicyclic) bond motifs is 2. The molecule has 0 spiro atoms. The summed E-state index contributed by atoms with van der Waals surface area (Å²) in [5.74, 6) is 2.29. The monoisotopic (exact) mass is 351 g/mol. The van der Waals surface area contributed by atoms with Crippen LogP contribution in [0.4, 0.5) is 0 Å². The number of hydrogen-bond acceptors (Lipinski definition) is 4. The summed E-state index contributed by atoms with van der Waals surface area (Å²) in [5.41, 5.74) is 2.40. The molecule has 26 heavy (non-hydrogen) atoms. The number of nitrogens with zero attached hydrogens (tertiary/aromatic N) is 1. The average molecular weight is 351 g/mol. The van der Waals surface area contributed by atoms with Crippen molar-refractivity contribution in [3.8, 4) is 11.5 Å². The molecule has 0 unspecified atom stereocenters. The second kappa shape index (κ2) is 6.71. The van der Waals surface area contributed by atoms with Gasteiger partial charge in [0.2, 0.25) is 6.79 Å². The first kappa shape index (κ1) is 16.4. The number of hydrogen-bond donors (Lipinski definition) is 2. The Labute approximate surface area is 151 Å². The molecule has 0 aliphatic carbocycles. The highest BCUT2D eigenvalue weighted by Gasteiger charge is 2.22. The predicted octanol–water partition coefficient (Wildman–Crippen LogP) is 3.81. The van der Waals surface area contributed by atoms with Crippen LogP contribution in [0.2, 0.25) is 0 Å². The molecule has 6 heteroatoms. The van der Waals surface area contributed by atoms with Gasteiger partial charge in [0.05, 0.1) is 17.1 Å². The van der Waals surface area contributed by atoms with E-state index in [1.807, 2.05) is 24.3 Å². The predicted molar refractivity (Wildman–Crippen MR) is 98.3 cm³/mol. The minimum absolute atomic E-state index is 0.158. The summed E-state index contributed by atoms with van der Waals surface area (Å²) >= 11 is 0. The smallest absolute Gasteiger partial charge is 0.252 e. The van der Waals surface area contributed by atoms with Crippen LogP contribution in [-0.4, -0.2) is 22.7 Å². The van der Waals surface area contributed by atoms with E-state index in [2.05, 4.69) is 29.1 Å². The normalized spacial score (nSPS) is 14.0. The molecule has 0 radical (unpaired) electrons. The average Bonchev–Trinajstić information content (AvgIpc) is 3.26. The van der Waals surface area contributed by atoms with Crippen molar-refractivity contribution in [1.82, 2.24) is 15.3 Å². The zero-order valence-corrected chi connectivity index (χ0v) is 14.8. The van der Waals surface area contributed by atoms with Crippen molar-refractivity contribution in [2.75, 3.05) is 6.79 Å². The van der Waals surface area contributed by atoms with Gasteiger partial charge in [-0.2, -0.15) is 0 Å². The van der Waals surface area contributed by atoms with E-state index < -0.39 is 0 Å². The minimum Gasteiger partial charge on any atom is -0.454 e. The van der Waals surface area contributed by atoms with Crippen LogP contribution in [0, 0.1) is 5.92 Å². The number of carbonyl (C=O) groups is 1. The van der Waals surface area contributed by atoms with Gasteiger partial charge in [-0.1, -0.05) is 26.0 Å². The van der Waals surface area contributed by atoms with Crippen molar-refractivity contribution in [3.63, 3.8) is 0 Å². The number of amides is 1. The zero-order chi connectivity index (χ0) is 18.1. The number of rotatable bonds is 5. The zero-order valence-electron chi connectivity index (χ0n) is 14.8. The summed E-state index contributed by atoms with van der Waals surface area (Å²) < 4.78 is 10.7. The van der Waals surface area contributed by atoms with Crippen LogP contribution < -0.4 is 14.8 Å². The number of para-hydroxylation sites is 2. The van der Waals surface area contributed by atoms with Crippen LogP contribution in [0.5, 0.6) is 11.5 Å². The molecule has 0 fully saturated rings. The number of carbonyl (C=O) groups excluding carboxylic acids is 1. The van der Waals surface area contributed by atoms with Crippen molar-refractivity contribution < 1.29 is 14.3 Å². The van der Waals surface area contributed by atoms with Crippen molar-refractivity contribution in [3.05, 3.63) is 53.9 Å². The second-order valence-electron chi connectivity index (χ2n) is 6.86. The molecule has 3 aromatic rings. The van der Waals surface area contributed by atoms with Crippen LogP contribution in [-0.2, 0) is 0 Å². The fourth-order valence-electron chi connectivity index (χ4n) is 3.13. The van der Waals surface area contributed by atoms with Crippen molar-refractivity contribution in [2.24, 2.45) is 5.92 Å². The summed E-state index contributed by atoms with van der Waals surface area (Å²) in [6, 6.07) is 12.9. The highest BCUT2D eigenvalue weighted by molar-refractivity contribution is 5.95. The van der Waals surface area contributed by atoms with Crippen molar-refractivity contribution in [1.29, 1.82) is 0 Å². The molecule has 4 rings (SSSR count). The minimum atomic E-state index is -0.194. The Balaban J connectivity index is 1.59. The lowest BCUT2D eigenvalue weighted by Gasteiger charge is -2.19. The van der Waals surface area contributed by atoms with Gasteiger partial charge in [-0.15, -0.1) is 0 Å². The third kappa shape index (κ3) is 3.22. The van der Waals surface area contributed by atoms with Gasteiger partial charge in [-0.25, -0.2) is 4.98 Å². The molecule has 134 valence electrons. The first-order chi connectivity index (χ1) is 12.6. The quantitative estimate of drug-likeness (QED) is 0.733. The first-order valence-electron chi connectivity index (χ1n) is 8.75. The van der Waals surface area contributed by atoms with E-state index in [1.54, 1.807) is 18.2 Å². The molecular weight excluding hydrogens is 330 g/mol. The molecule has 1 aromatic heterocycles. The number of ether oxygens (including phenoxy) is 2. The highest BCUT2D eigenvalue weighted by Crippen LogP contribution is 2.32. The molecular formula is C20H21N3O3. The van der Waals surface area contributed by atoms with Gasteiger partial charge >= 0.3 is 0 Å². The first-order valence-corrected chi connectivity index (χ1v) is 8.75. The maximum Gasteiger partial charge on any atom is 0.252 e. The number of aromatic amines is 1. The summed E-state index contributed by atoms with van der Waals surface area (Å²) in [6.45, 7) is 4.44. The lowest BCUT2D eigenvalue weighted by Crippen LogP contribution is -2.30. The lowest BCUT2D eigenvalue weighted by atomic mass is 10.0. The number of H-pyrrole nitrogens is 1. The maximum absolute atomic E-state index is 12.8. The molecule has 2 N–H and O–H groups in total. The molecule has 1 atom stereocenters. The largest absolute Gasteiger partial charge is 0.454 e. The van der Waals surface area contributed by atoms with Gasteiger partial charge in [0, 0.05) is 5.56 Å². The molecule has 2 aromatic carbocycles. The molecule has 1 aliphatic heterocycles. The SMILES string of the molecule is CC(C)C[C@H](NC(=O)c1ccc2c(c1)OCO2)c1nc2ccccc2[nH]1. The third-order valence-corrected chi connectivity index (χ3v) is 4.38. The topological polar surface area (TPSA) is 76.2 Å². The van der Waals surface area contributed by atoms with Crippen molar-refractivity contribution >= 4 is 16.9 Å². The number of aromatic nitrogens is 2. The summed E-state index contributed by atoms with van der Waals surface area (Å²) in [6.07, 6.45) is 0.788. The van der Waals surface area contributed by atoms with Crippen LogP contribution in [0.3, 0.4) is 0 Å². The van der Waals surface area contributed by atoms with Crippen molar-refractivity contribution in [2.45, 2.75) is 26.3 Å². The molecule has 1 amide bonds. The van der Waals surface area contributed by atoms with Gasteiger partial charge in [0.25, 0.3) is 5.91 Å². The summed E-state index contributed by atoms with van der Waals surface area (Å²) in [7, 11) is 0. The molecule has 6 nitrogen and oxygen atoms in total. The van der Waals surface area contributed by atoms with E-state index in [1.165, 1.54) is 0 Å². The standard InChI is InChI=1S/C20H21N3O3/c1-12(2)9-16(19-21-14-5-3-4-6-15(14)22-19)23-20(24)13-7-8-17-18(10-13)26-11-25-17/h3-8,10,12,16H,9,11H2,1-2H3,(H,21,22)(H,23,24)/t16-/m0/s1. The second-order valence-corrected chi connectivity index (χ2v) is 6.86. The Morgan fingerprint density at radius 3 is 2.81 bits per heavy atom. The van der Waals surface area contributed by atoms with Gasteiger partial charge < -0.3 is 19.8 Å². The van der Waals surface area contributed by atoms with Crippen LogP contribution in [0.15, 0.2) is 42.5 Å². The Morgan fingerprint density at radius 1 is 1.19 bits per heavy atom. The fraction of sp³-hybridized carbons (Fsp3) is 0.300. The number of benzene rings is 2. The van der Waals surface area contributed by atoms with Crippen LogP contribution >= 0.6 is 0 Å². The molecule has 0 bridgehead atoms. The lowest BCUT2D eigenvalue weighted by molar-refractivity contribution is 0.0929. The Hall–Kier alpha value is -3.02. The Kier molecular flexibility index (Phi) is 4.24. The number of imidazole rings is 1. The number of nitrogens with one attached hydrogen (secondary N) is 2. The fourth-order valence-corrected chi connectivity index (χ4v) is 3.13. The Bertz CT molecular complexity index is 915. The summed E-state index contributed by atoms with van der Waals surface area (Å²) in [5, 5.41) is 3.10. The molecule has 0 saturated heterocycles. The van der Waals surface area contributed by atoms with Gasteiger partial charge in [-0.05, 0) is 42.7 Å². The van der Waals surface area contributed by atoms with Crippen LogP contribution in [0.25, 0.3) is 11.0 Å². The van der Waals surface area contributed by atoms with E-state index in [4.69, 9.17) is 9.47 Å². The highest BCUT2D eigenvalue weighted by atomic mass is 16.7. The molecule has 1 aliphatic rings. The Morgan fingerprint density at radius 2 is 2.00 bits per heavy atom. The van der Waals surface area contributed by atoms with E-state index in [-0.39, 0.29) is 18.7 Å².